The van der Waals surface area contributed by atoms with Crippen LogP contribution >= 0.6 is 0 Å². The average molecular weight is 270 g/mol. The third-order valence-corrected chi connectivity index (χ3v) is 3.65. The number of aryl methyl sites for hydroxylation is 1. The van der Waals surface area contributed by atoms with E-state index >= 15 is 0 Å². The Labute approximate surface area is 116 Å². The quantitative estimate of drug-likeness (QED) is 0.852. The van der Waals surface area contributed by atoms with Gasteiger partial charge in [-0.25, -0.2) is 4.39 Å². The zero-order valence-corrected chi connectivity index (χ0v) is 11.1. The summed E-state index contributed by atoms with van der Waals surface area (Å²) in [5.74, 6) is -0.542. The molecule has 102 valence electrons. The summed E-state index contributed by atoms with van der Waals surface area (Å²) in [6.45, 7) is 2.00. The monoisotopic (exact) mass is 270 g/mol. The van der Waals surface area contributed by atoms with Gasteiger partial charge in [0.05, 0.1) is 6.04 Å². The number of nitrogens with zero attached hydrogens (tertiary/aromatic N) is 1. The van der Waals surface area contributed by atoms with E-state index in [2.05, 4.69) is 0 Å². The lowest BCUT2D eigenvalue weighted by Crippen LogP contribution is -2.63. The van der Waals surface area contributed by atoms with Gasteiger partial charge >= 0.3 is 0 Å². The zero-order chi connectivity index (χ0) is 14.3. The molecule has 2 N–H and O–H groups in total. The molecule has 3 nitrogen and oxygen atoms in total. The molecule has 2 aromatic rings. The first-order valence-corrected chi connectivity index (χ1v) is 6.49. The summed E-state index contributed by atoms with van der Waals surface area (Å²) in [5.41, 5.74) is 8.57. The van der Waals surface area contributed by atoms with Gasteiger partial charge in [-0.3, -0.25) is 4.79 Å². The molecule has 3 rings (SSSR count). The van der Waals surface area contributed by atoms with E-state index in [1.807, 2.05) is 31.2 Å². The van der Waals surface area contributed by atoms with Crippen molar-refractivity contribution in [2.75, 3.05) is 4.90 Å². The van der Waals surface area contributed by atoms with E-state index in [-0.39, 0.29) is 17.8 Å². The largest absolute Gasteiger partial charge is 0.318 e. The number of halogens is 1. The molecule has 0 saturated carbocycles. The van der Waals surface area contributed by atoms with E-state index < -0.39 is 6.04 Å². The molecule has 1 amide bonds. The molecular formula is C16H15FN2O. The zero-order valence-electron chi connectivity index (χ0n) is 11.1. The van der Waals surface area contributed by atoms with Gasteiger partial charge in [-0.1, -0.05) is 35.9 Å². The Balaban J connectivity index is 1.97. The van der Waals surface area contributed by atoms with Gasteiger partial charge in [0, 0.05) is 5.69 Å². The van der Waals surface area contributed by atoms with Crippen LogP contribution < -0.4 is 10.6 Å². The second-order valence-corrected chi connectivity index (χ2v) is 5.07. The summed E-state index contributed by atoms with van der Waals surface area (Å²) in [6, 6.07) is 13.1. The van der Waals surface area contributed by atoms with Crippen molar-refractivity contribution in [2.45, 2.75) is 19.0 Å². The fraction of sp³-hybridized carbons (Fsp3) is 0.188. The maximum Gasteiger partial charge on any atom is 0.247 e. The second-order valence-electron chi connectivity index (χ2n) is 5.07. The van der Waals surface area contributed by atoms with Crippen molar-refractivity contribution in [2.24, 2.45) is 5.73 Å². The van der Waals surface area contributed by atoms with Crippen molar-refractivity contribution in [1.82, 2.24) is 0 Å². The Morgan fingerprint density at radius 2 is 1.85 bits per heavy atom. The lowest BCUT2D eigenvalue weighted by Gasteiger charge is -2.45. The number of nitrogens with two attached hydrogens (primary N) is 1. The van der Waals surface area contributed by atoms with Crippen molar-refractivity contribution < 1.29 is 9.18 Å². The predicted octanol–water partition coefficient (Wildman–Crippen LogP) is 2.55. The van der Waals surface area contributed by atoms with Gasteiger partial charge in [0.1, 0.15) is 11.9 Å². The summed E-state index contributed by atoms with van der Waals surface area (Å²) < 4.78 is 13.3. The smallest absolute Gasteiger partial charge is 0.247 e. The second kappa shape index (κ2) is 4.72. The van der Waals surface area contributed by atoms with Crippen LogP contribution in [0.25, 0.3) is 0 Å². The number of rotatable bonds is 2. The highest BCUT2D eigenvalue weighted by Crippen LogP contribution is 2.38. The Hall–Kier alpha value is -2.20. The molecule has 1 heterocycles. The maximum atomic E-state index is 13.3. The Bertz CT molecular complexity index is 654. The lowest BCUT2D eigenvalue weighted by atomic mass is 9.88. The van der Waals surface area contributed by atoms with Crippen molar-refractivity contribution >= 4 is 11.6 Å². The van der Waals surface area contributed by atoms with Crippen LogP contribution in [0.5, 0.6) is 0 Å². The van der Waals surface area contributed by atoms with Crippen molar-refractivity contribution in [3.8, 4) is 0 Å². The molecule has 0 unspecified atom stereocenters. The summed E-state index contributed by atoms with van der Waals surface area (Å²) in [4.78, 5) is 13.6. The molecule has 20 heavy (non-hydrogen) atoms. The first kappa shape index (κ1) is 12.8. The van der Waals surface area contributed by atoms with Crippen LogP contribution in [0.3, 0.4) is 0 Å². The Kier molecular flexibility index (Phi) is 3.03. The van der Waals surface area contributed by atoms with Gasteiger partial charge in [0.25, 0.3) is 0 Å². The molecule has 1 fully saturated rings. The van der Waals surface area contributed by atoms with Gasteiger partial charge < -0.3 is 10.6 Å². The molecule has 4 heteroatoms. The maximum absolute atomic E-state index is 13.3. The molecule has 0 aliphatic carbocycles. The third kappa shape index (κ3) is 1.98. The molecule has 0 bridgehead atoms. The molecule has 1 aliphatic rings. The Morgan fingerprint density at radius 3 is 2.50 bits per heavy atom. The minimum Gasteiger partial charge on any atom is -0.318 e. The molecule has 2 aromatic carbocycles. The number of hydrogen-bond acceptors (Lipinski definition) is 2. The summed E-state index contributed by atoms with van der Waals surface area (Å²) in [5, 5.41) is 0. The molecule has 0 radical (unpaired) electrons. The normalized spacial score (nSPS) is 21.8. The van der Waals surface area contributed by atoms with Gasteiger partial charge in [-0.2, -0.15) is 0 Å². The fourth-order valence-corrected chi connectivity index (χ4v) is 2.55. The highest BCUT2D eigenvalue weighted by Gasteiger charge is 2.46. The molecule has 1 saturated heterocycles. The highest BCUT2D eigenvalue weighted by molar-refractivity contribution is 6.05. The van der Waals surface area contributed by atoms with Gasteiger partial charge in [0.15, 0.2) is 0 Å². The minimum atomic E-state index is -0.569. The first-order chi connectivity index (χ1) is 9.58. The molecule has 0 aromatic heterocycles. The van der Waals surface area contributed by atoms with E-state index in [9.17, 15) is 9.18 Å². The number of β-lactam (4-membered cyclic amide) rings is 1. The highest BCUT2D eigenvalue weighted by atomic mass is 19.1. The van der Waals surface area contributed by atoms with Crippen molar-refractivity contribution in [3.63, 3.8) is 0 Å². The predicted molar refractivity (Wildman–Crippen MR) is 75.8 cm³/mol. The third-order valence-electron chi connectivity index (χ3n) is 3.65. The summed E-state index contributed by atoms with van der Waals surface area (Å²) >= 11 is 0. The number of carbonyl (C=O) groups excluding carboxylic acids is 1. The minimum absolute atomic E-state index is 0.179. The van der Waals surface area contributed by atoms with Gasteiger partial charge in [-0.15, -0.1) is 0 Å². The first-order valence-electron chi connectivity index (χ1n) is 6.49. The number of benzene rings is 2. The van der Waals surface area contributed by atoms with E-state index in [4.69, 9.17) is 5.73 Å². The Morgan fingerprint density at radius 1 is 1.15 bits per heavy atom. The van der Waals surface area contributed by atoms with Crippen LogP contribution in [-0.2, 0) is 4.79 Å². The topological polar surface area (TPSA) is 46.3 Å². The van der Waals surface area contributed by atoms with Crippen molar-refractivity contribution in [1.29, 1.82) is 0 Å². The molecule has 2 atom stereocenters. The van der Waals surface area contributed by atoms with Crippen LogP contribution in [0.15, 0.2) is 48.5 Å². The van der Waals surface area contributed by atoms with E-state index in [1.165, 1.54) is 12.1 Å². The van der Waals surface area contributed by atoms with Crippen molar-refractivity contribution in [3.05, 3.63) is 65.5 Å². The molecular weight excluding hydrogens is 255 g/mol. The molecule has 1 aliphatic heterocycles. The van der Waals surface area contributed by atoms with Crippen LogP contribution in [0, 0.1) is 12.7 Å². The lowest BCUT2D eigenvalue weighted by molar-refractivity contribution is -0.126. The van der Waals surface area contributed by atoms with Crippen LogP contribution in [-0.4, -0.2) is 11.9 Å². The van der Waals surface area contributed by atoms with E-state index in [0.717, 1.165) is 11.1 Å². The number of anilines is 1. The average Bonchev–Trinajstić information content (AvgIpc) is 2.45. The van der Waals surface area contributed by atoms with Gasteiger partial charge in [-0.05, 0) is 30.7 Å². The standard InChI is InChI=1S/C16H15FN2O/c1-10-5-7-11(8-6-10)15-14(18)16(20)19(15)13-4-2-3-12(17)9-13/h2-9,14-15H,18H2,1H3/t14-,15-/m0/s1. The van der Waals surface area contributed by atoms with E-state index in [0.29, 0.717) is 5.69 Å². The van der Waals surface area contributed by atoms with Gasteiger partial charge in [0.2, 0.25) is 5.91 Å². The number of hydrogen-bond donors (Lipinski definition) is 1. The summed E-state index contributed by atoms with van der Waals surface area (Å²) in [7, 11) is 0. The van der Waals surface area contributed by atoms with Crippen LogP contribution in [0.4, 0.5) is 10.1 Å². The number of carbonyl (C=O) groups is 1. The van der Waals surface area contributed by atoms with Crippen LogP contribution in [0.2, 0.25) is 0 Å². The summed E-state index contributed by atoms with van der Waals surface area (Å²) in [6.07, 6.45) is 0. The number of amides is 1. The van der Waals surface area contributed by atoms with E-state index in [1.54, 1.807) is 17.0 Å². The SMILES string of the molecule is Cc1ccc([C@H]2[C@H](N)C(=O)N2c2cccc(F)c2)cc1. The fourth-order valence-electron chi connectivity index (χ4n) is 2.55. The molecule has 0 spiro atoms. The van der Waals surface area contributed by atoms with Crippen LogP contribution in [0.1, 0.15) is 17.2 Å².